The first kappa shape index (κ1) is 17.3. The van der Waals surface area contributed by atoms with Crippen molar-refractivity contribution < 1.29 is 9.53 Å². The van der Waals surface area contributed by atoms with E-state index < -0.39 is 0 Å². The van der Waals surface area contributed by atoms with Gasteiger partial charge in [-0.2, -0.15) is 0 Å². The van der Waals surface area contributed by atoms with Crippen molar-refractivity contribution in [1.82, 2.24) is 14.7 Å². The van der Waals surface area contributed by atoms with Crippen LogP contribution < -0.4 is 0 Å². The number of piperazine rings is 1. The van der Waals surface area contributed by atoms with E-state index in [-0.39, 0.29) is 6.09 Å². The molecule has 134 valence electrons. The molecule has 2 aliphatic rings. The lowest BCUT2D eigenvalue weighted by Crippen LogP contribution is -2.51. The molecule has 0 spiro atoms. The molecule has 1 saturated heterocycles. The fraction of sp³-hybridized carbons (Fsp3) is 0.500. The minimum absolute atomic E-state index is 0.231. The molecule has 3 rings (SSSR count). The third-order valence-electron chi connectivity index (χ3n) is 4.38. The highest BCUT2D eigenvalue weighted by Gasteiger charge is 2.26. The van der Waals surface area contributed by atoms with Crippen molar-refractivity contribution in [2.24, 2.45) is 9.98 Å². The second kappa shape index (κ2) is 7.55. The summed E-state index contributed by atoms with van der Waals surface area (Å²) in [6, 6.07) is 7.94. The van der Waals surface area contributed by atoms with Crippen LogP contribution in [0.5, 0.6) is 0 Å². The third-order valence-corrected chi connectivity index (χ3v) is 4.38. The van der Waals surface area contributed by atoms with Gasteiger partial charge in [-0.25, -0.2) is 14.8 Å². The summed E-state index contributed by atoms with van der Waals surface area (Å²) in [7, 11) is 4.01. The van der Waals surface area contributed by atoms with E-state index in [0.29, 0.717) is 26.1 Å². The Labute approximate surface area is 148 Å². The molecule has 0 aliphatic carbocycles. The number of hydrogen-bond acceptors (Lipinski definition) is 6. The SMILES string of the molecule is CCOC(=O)N1CCN(C2=Nc3ccccc3N=C(N(C)C)C2)CC1. The lowest BCUT2D eigenvalue weighted by atomic mass is 10.2. The zero-order chi connectivity index (χ0) is 17.8. The summed E-state index contributed by atoms with van der Waals surface area (Å²) in [5.74, 6) is 1.98. The lowest BCUT2D eigenvalue weighted by molar-refractivity contribution is 0.0918. The number of benzene rings is 1. The number of carbonyl (C=O) groups excluding carboxylic acids is 1. The smallest absolute Gasteiger partial charge is 0.409 e. The Morgan fingerprint density at radius 3 is 2.36 bits per heavy atom. The minimum atomic E-state index is -0.231. The second-order valence-electron chi connectivity index (χ2n) is 6.29. The molecule has 25 heavy (non-hydrogen) atoms. The summed E-state index contributed by atoms with van der Waals surface area (Å²) in [6.45, 7) is 5.03. The monoisotopic (exact) mass is 343 g/mol. The van der Waals surface area contributed by atoms with Crippen molar-refractivity contribution in [3.8, 4) is 0 Å². The first-order chi connectivity index (χ1) is 12.1. The topological polar surface area (TPSA) is 60.7 Å². The maximum Gasteiger partial charge on any atom is 0.409 e. The van der Waals surface area contributed by atoms with Gasteiger partial charge in [-0.3, -0.25) is 0 Å². The Hall–Kier alpha value is -2.57. The van der Waals surface area contributed by atoms with Gasteiger partial charge in [-0.05, 0) is 19.1 Å². The largest absolute Gasteiger partial charge is 0.450 e. The Bertz CT molecular complexity index is 690. The highest BCUT2D eigenvalue weighted by molar-refractivity contribution is 6.06. The molecule has 1 amide bonds. The number of nitrogens with zero attached hydrogens (tertiary/aromatic N) is 5. The van der Waals surface area contributed by atoms with Gasteiger partial charge in [-0.1, -0.05) is 12.1 Å². The fourth-order valence-corrected chi connectivity index (χ4v) is 2.95. The molecule has 0 saturated carbocycles. The van der Waals surface area contributed by atoms with E-state index in [2.05, 4.69) is 4.90 Å². The van der Waals surface area contributed by atoms with E-state index in [1.54, 1.807) is 4.90 Å². The maximum atomic E-state index is 11.9. The van der Waals surface area contributed by atoms with E-state index in [9.17, 15) is 4.79 Å². The molecule has 2 heterocycles. The Morgan fingerprint density at radius 1 is 1.12 bits per heavy atom. The average molecular weight is 343 g/mol. The summed E-state index contributed by atoms with van der Waals surface area (Å²) in [5.41, 5.74) is 1.79. The second-order valence-corrected chi connectivity index (χ2v) is 6.29. The third kappa shape index (κ3) is 3.92. The van der Waals surface area contributed by atoms with Gasteiger partial charge in [0.05, 0.1) is 24.4 Å². The molecule has 0 atom stereocenters. The number of rotatable bonds is 1. The number of fused-ring (bicyclic) bond motifs is 1. The highest BCUT2D eigenvalue weighted by Crippen LogP contribution is 2.31. The van der Waals surface area contributed by atoms with Gasteiger partial charge >= 0.3 is 6.09 Å². The molecule has 7 nitrogen and oxygen atoms in total. The molecule has 0 radical (unpaired) electrons. The average Bonchev–Trinajstić information content (AvgIpc) is 2.82. The summed E-state index contributed by atoms with van der Waals surface area (Å²) in [5, 5.41) is 0. The van der Waals surface area contributed by atoms with Crippen LogP contribution in [0.1, 0.15) is 13.3 Å². The van der Waals surface area contributed by atoms with Gasteiger partial charge in [0.25, 0.3) is 0 Å². The van der Waals surface area contributed by atoms with Gasteiger partial charge < -0.3 is 19.4 Å². The zero-order valence-electron chi connectivity index (χ0n) is 15.1. The molecule has 0 bridgehead atoms. The van der Waals surface area contributed by atoms with Crippen molar-refractivity contribution in [2.75, 3.05) is 46.9 Å². The van der Waals surface area contributed by atoms with E-state index in [1.807, 2.05) is 50.2 Å². The van der Waals surface area contributed by atoms with Crippen LogP contribution in [0.15, 0.2) is 34.3 Å². The number of ether oxygens (including phenoxy) is 1. The number of para-hydroxylation sites is 2. The van der Waals surface area contributed by atoms with Gasteiger partial charge in [0.1, 0.15) is 11.7 Å². The molecule has 1 aromatic carbocycles. The van der Waals surface area contributed by atoms with Crippen molar-refractivity contribution >= 4 is 29.1 Å². The molecule has 2 aliphatic heterocycles. The Kier molecular flexibility index (Phi) is 5.21. The number of carbonyl (C=O) groups is 1. The molecule has 7 heteroatoms. The normalized spacial score (nSPS) is 17.2. The van der Waals surface area contributed by atoms with Gasteiger partial charge in [-0.15, -0.1) is 0 Å². The predicted molar refractivity (Wildman–Crippen MR) is 99.1 cm³/mol. The number of amidine groups is 2. The van der Waals surface area contributed by atoms with Gasteiger partial charge in [0.2, 0.25) is 0 Å². The van der Waals surface area contributed by atoms with Crippen molar-refractivity contribution in [1.29, 1.82) is 0 Å². The van der Waals surface area contributed by atoms with Crippen LogP contribution in [-0.4, -0.2) is 79.3 Å². The van der Waals surface area contributed by atoms with Crippen molar-refractivity contribution in [3.05, 3.63) is 24.3 Å². The summed E-state index contributed by atoms with van der Waals surface area (Å²) in [4.78, 5) is 27.5. The van der Waals surface area contributed by atoms with Gasteiger partial charge in [0, 0.05) is 40.3 Å². The van der Waals surface area contributed by atoms with Crippen molar-refractivity contribution in [2.45, 2.75) is 13.3 Å². The van der Waals surface area contributed by atoms with Crippen LogP contribution in [0.25, 0.3) is 0 Å². The summed E-state index contributed by atoms with van der Waals surface area (Å²) in [6.07, 6.45) is 0.451. The van der Waals surface area contributed by atoms with Crippen LogP contribution in [0.4, 0.5) is 16.2 Å². The van der Waals surface area contributed by atoms with E-state index >= 15 is 0 Å². The van der Waals surface area contributed by atoms with Gasteiger partial charge in [0.15, 0.2) is 0 Å². The first-order valence-electron chi connectivity index (χ1n) is 8.66. The molecule has 1 aromatic rings. The quantitative estimate of drug-likeness (QED) is 0.786. The maximum absolute atomic E-state index is 11.9. The first-order valence-corrected chi connectivity index (χ1v) is 8.66. The highest BCUT2D eigenvalue weighted by atomic mass is 16.6. The fourth-order valence-electron chi connectivity index (χ4n) is 2.95. The number of hydrogen-bond donors (Lipinski definition) is 0. The van der Waals surface area contributed by atoms with Crippen LogP contribution in [-0.2, 0) is 4.74 Å². The molecule has 0 N–H and O–H groups in total. The van der Waals surface area contributed by atoms with Crippen molar-refractivity contribution in [3.63, 3.8) is 0 Å². The van der Waals surface area contributed by atoms with Crippen LogP contribution in [0, 0.1) is 0 Å². The standard InChI is InChI=1S/C18H25N5O2/c1-4-25-18(24)23-11-9-22(10-12-23)17-13-16(21(2)3)19-14-7-5-6-8-15(14)20-17/h5-8H,4,9-13H2,1-3H3. The molecule has 1 fully saturated rings. The predicted octanol–water partition coefficient (Wildman–Crippen LogP) is 2.49. The summed E-state index contributed by atoms with van der Waals surface area (Å²) >= 11 is 0. The van der Waals surface area contributed by atoms with Crippen LogP contribution in [0.3, 0.4) is 0 Å². The molecule has 0 unspecified atom stereocenters. The number of amides is 1. The molecular weight excluding hydrogens is 318 g/mol. The summed E-state index contributed by atoms with van der Waals surface area (Å²) < 4.78 is 5.09. The molecule has 0 aromatic heterocycles. The minimum Gasteiger partial charge on any atom is -0.450 e. The Balaban J connectivity index is 1.78. The van der Waals surface area contributed by atoms with Crippen LogP contribution >= 0.6 is 0 Å². The van der Waals surface area contributed by atoms with Crippen LogP contribution in [0.2, 0.25) is 0 Å². The molecular formula is C18H25N5O2. The number of aliphatic imine (C=N–C) groups is 2. The van der Waals surface area contributed by atoms with E-state index in [4.69, 9.17) is 14.7 Å². The van der Waals surface area contributed by atoms with E-state index in [1.165, 1.54) is 0 Å². The zero-order valence-corrected chi connectivity index (χ0v) is 15.1. The van der Waals surface area contributed by atoms with E-state index in [0.717, 1.165) is 36.1 Å². The Morgan fingerprint density at radius 2 is 1.76 bits per heavy atom. The lowest BCUT2D eigenvalue weighted by Gasteiger charge is -2.36.